The van der Waals surface area contributed by atoms with Crippen LogP contribution >= 0.6 is 24.0 Å². The van der Waals surface area contributed by atoms with Crippen molar-refractivity contribution in [3.8, 4) is 0 Å². The second-order valence-electron chi connectivity index (χ2n) is 7.93. The first-order chi connectivity index (χ1) is 12.9. The van der Waals surface area contributed by atoms with Gasteiger partial charge in [0.1, 0.15) is 0 Å². The van der Waals surface area contributed by atoms with E-state index in [1.807, 2.05) is 0 Å². The molecule has 1 aliphatic rings. The van der Waals surface area contributed by atoms with Gasteiger partial charge in [0.25, 0.3) is 0 Å². The Balaban J connectivity index is 0.00000392. The van der Waals surface area contributed by atoms with Crippen LogP contribution in [0.15, 0.2) is 29.3 Å². The van der Waals surface area contributed by atoms with E-state index in [0.29, 0.717) is 6.54 Å². The molecule has 6 nitrogen and oxygen atoms in total. The first-order valence-corrected chi connectivity index (χ1v) is 9.90. The lowest BCUT2D eigenvalue weighted by Crippen LogP contribution is -2.45. The first-order valence-electron chi connectivity index (χ1n) is 9.90. The fraction of sp³-hybridized carbons (Fsp3) is 0.667. The van der Waals surface area contributed by atoms with Crippen molar-refractivity contribution in [1.29, 1.82) is 0 Å². The average molecular weight is 504 g/mol. The molecule has 0 bridgehead atoms. The monoisotopic (exact) mass is 504 g/mol. The highest BCUT2D eigenvalue weighted by atomic mass is 127. The van der Waals surface area contributed by atoms with Gasteiger partial charge in [-0.3, -0.25) is 0 Å². The van der Waals surface area contributed by atoms with Gasteiger partial charge in [0.15, 0.2) is 5.96 Å². The van der Waals surface area contributed by atoms with Crippen LogP contribution in [0.3, 0.4) is 0 Å². The maximum atomic E-state index is 5.62. The highest BCUT2D eigenvalue weighted by Crippen LogP contribution is 2.21. The molecule has 1 atom stereocenters. The van der Waals surface area contributed by atoms with E-state index < -0.39 is 0 Å². The van der Waals surface area contributed by atoms with Gasteiger partial charge in [-0.05, 0) is 30.0 Å². The molecule has 1 unspecified atom stereocenters. The van der Waals surface area contributed by atoms with Crippen LogP contribution < -0.4 is 15.5 Å². The zero-order chi connectivity index (χ0) is 19.7. The molecule has 1 aliphatic heterocycles. The summed E-state index contributed by atoms with van der Waals surface area (Å²) in [7, 11) is 1.76. The number of anilines is 1. The number of nitrogens with one attached hydrogen (secondary N) is 2. The molecule has 1 saturated heterocycles. The number of aliphatic imine (C=N–C) groups is 1. The van der Waals surface area contributed by atoms with Gasteiger partial charge in [0.05, 0.1) is 25.9 Å². The molecular formula is C21H37IN4O2. The molecule has 0 aliphatic carbocycles. The Morgan fingerprint density at radius 1 is 1.18 bits per heavy atom. The van der Waals surface area contributed by atoms with Gasteiger partial charge in [-0.25, -0.2) is 4.99 Å². The number of hydrogen-bond donors (Lipinski definition) is 2. The predicted molar refractivity (Wildman–Crippen MR) is 128 cm³/mol. The Kier molecular flexibility index (Phi) is 11.1. The number of ether oxygens (including phenoxy) is 2. The summed E-state index contributed by atoms with van der Waals surface area (Å²) in [5.41, 5.74) is 2.53. The summed E-state index contributed by atoms with van der Waals surface area (Å²) < 4.78 is 11.0. The molecule has 0 saturated carbocycles. The Hall–Kier alpha value is -1.06. The van der Waals surface area contributed by atoms with Gasteiger partial charge in [-0.15, -0.1) is 24.0 Å². The summed E-state index contributed by atoms with van der Waals surface area (Å²) >= 11 is 0. The topological polar surface area (TPSA) is 58.1 Å². The molecule has 28 heavy (non-hydrogen) atoms. The number of guanidine groups is 1. The van der Waals surface area contributed by atoms with Crippen molar-refractivity contribution in [2.45, 2.75) is 40.3 Å². The molecule has 1 aromatic carbocycles. The normalized spacial score (nSPS) is 16.3. The standard InChI is InChI=1S/C21H36N4O2.HI/c1-6-22-20(24-16-19(26-5)21(2,3)4)23-15-17-7-9-18(10-8-17)25-11-13-27-14-12-25;/h7-10,19H,6,11-16H2,1-5H3,(H2,22,23,24);1H. The van der Waals surface area contributed by atoms with Crippen molar-refractivity contribution in [2.75, 3.05) is 51.4 Å². The molecular weight excluding hydrogens is 467 g/mol. The van der Waals surface area contributed by atoms with Gasteiger partial charge in [0.2, 0.25) is 0 Å². The van der Waals surface area contributed by atoms with Gasteiger partial charge in [-0.1, -0.05) is 32.9 Å². The number of rotatable bonds is 7. The Morgan fingerprint density at radius 2 is 1.82 bits per heavy atom. The third-order valence-corrected chi connectivity index (χ3v) is 4.78. The smallest absolute Gasteiger partial charge is 0.191 e. The number of hydrogen-bond acceptors (Lipinski definition) is 4. The third-order valence-electron chi connectivity index (χ3n) is 4.78. The largest absolute Gasteiger partial charge is 0.379 e. The third kappa shape index (κ3) is 8.13. The van der Waals surface area contributed by atoms with Crippen molar-refractivity contribution >= 4 is 35.6 Å². The van der Waals surface area contributed by atoms with E-state index >= 15 is 0 Å². The zero-order valence-corrected chi connectivity index (χ0v) is 20.3. The van der Waals surface area contributed by atoms with Crippen LogP contribution in [0.2, 0.25) is 0 Å². The van der Waals surface area contributed by atoms with Crippen molar-refractivity contribution in [3.05, 3.63) is 29.8 Å². The molecule has 2 rings (SSSR count). The van der Waals surface area contributed by atoms with E-state index in [-0.39, 0.29) is 35.5 Å². The fourth-order valence-corrected chi connectivity index (χ4v) is 3.08. The summed E-state index contributed by atoms with van der Waals surface area (Å²) in [6, 6.07) is 8.67. The minimum absolute atomic E-state index is 0. The van der Waals surface area contributed by atoms with Gasteiger partial charge in [0, 0.05) is 39.0 Å². The molecule has 160 valence electrons. The quantitative estimate of drug-likeness (QED) is 0.339. The van der Waals surface area contributed by atoms with E-state index in [4.69, 9.17) is 14.5 Å². The average Bonchev–Trinajstić information content (AvgIpc) is 2.66. The minimum Gasteiger partial charge on any atom is -0.379 e. The lowest BCUT2D eigenvalue weighted by atomic mass is 9.89. The van der Waals surface area contributed by atoms with Crippen molar-refractivity contribution < 1.29 is 9.47 Å². The van der Waals surface area contributed by atoms with Gasteiger partial charge >= 0.3 is 0 Å². The minimum atomic E-state index is 0. The highest BCUT2D eigenvalue weighted by Gasteiger charge is 2.24. The van der Waals surface area contributed by atoms with Crippen molar-refractivity contribution in [1.82, 2.24) is 10.6 Å². The summed E-state index contributed by atoms with van der Waals surface area (Å²) in [4.78, 5) is 7.08. The zero-order valence-electron chi connectivity index (χ0n) is 18.0. The van der Waals surface area contributed by atoms with E-state index in [0.717, 1.165) is 45.4 Å². The van der Waals surface area contributed by atoms with Crippen LogP contribution in [0.1, 0.15) is 33.3 Å². The van der Waals surface area contributed by atoms with Gasteiger partial charge in [-0.2, -0.15) is 0 Å². The molecule has 2 N–H and O–H groups in total. The molecule has 1 fully saturated rings. The van der Waals surface area contributed by atoms with Crippen LogP contribution in [0, 0.1) is 5.41 Å². The first kappa shape index (κ1) is 25.0. The van der Waals surface area contributed by atoms with Crippen LogP contribution in [0.4, 0.5) is 5.69 Å². The SMILES string of the molecule is CCNC(=NCc1ccc(N2CCOCC2)cc1)NCC(OC)C(C)(C)C.I. The number of benzene rings is 1. The second kappa shape index (κ2) is 12.5. The predicted octanol–water partition coefficient (Wildman–Crippen LogP) is 3.26. The van der Waals surface area contributed by atoms with E-state index in [9.17, 15) is 0 Å². The molecule has 0 aromatic heterocycles. The molecule has 7 heteroatoms. The molecule has 1 heterocycles. The number of halogens is 1. The summed E-state index contributed by atoms with van der Waals surface area (Å²) in [6.45, 7) is 14.4. The molecule has 0 spiro atoms. The van der Waals surface area contributed by atoms with Crippen molar-refractivity contribution in [2.24, 2.45) is 10.4 Å². The number of morpholine rings is 1. The molecule has 1 aromatic rings. The van der Waals surface area contributed by atoms with Crippen LogP contribution in [0.25, 0.3) is 0 Å². The molecule has 0 amide bonds. The Bertz CT molecular complexity index is 581. The summed E-state index contributed by atoms with van der Waals surface area (Å²) in [5, 5.41) is 6.71. The highest BCUT2D eigenvalue weighted by molar-refractivity contribution is 14.0. The molecule has 0 radical (unpaired) electrons. The fourth-order valence-electron chi connectivity index (χ4n) is 3.08. The summed E-state index contributed by atoms with van der Waals surface area (Å²) in [5.74, 6) is 0.820. The maximum absolute atomic E-state index is 5.62. The summed E-state index contributed by atoms with van der Waals surface area (Å²) in [6.07, 6.45) is 0.120. The van der Waals surface area contributed by atoms with Crippen LogP contribution in [-0.4, -0.2) is 58.6 Å². The Labute approximate surface area is 187 Å². The number of nitrogens with zero attached hydrogens (tertiary/aromatic N) is 2. The number of methoxy groups -OCH3 is 1. The van der Waals surface area contributed by atoms with Crippen LogP contribution in [0.5, 0.6) is 0 Å². The van der Waals surface area contributed by atoms with Gasteiger partial charge < -0.3 is 25.0 Å². The van der Waals surface area contributed by atoms with Crippen LogP contribution in [-0.2, 0) is 16.0 Å². The van der Waals surface area contributed by atoms with Crippen molar-refractivity contribution in [3.63, 3.8) is 0 Å². The lowest BCUT2D eigenvalue weighted by Gasteiger charge is -2.30. The van der Waals surface area contributed by atoms with E-state index in [1.54, 1.807) is 7.11 Å². The van der Waals surface area contributed by atoms with E-state index in [1.165, 1.54) is 11.3 Å². The van der Waals surface area contributed by atoms with E-state index in [2.05, 4.69) is 67.5 Å². The second-order valence-corrected chi connectivity index (χ2v) is 7.93. The lowest BCUT2D eigenvalue weighted by molar-refractivity contribution is 0.0205. The Morgan fingerprint density at radius 3 is 2.36 bits per heavy atom. The maximum Gasteiger partial charge on any atom is 0.191 e.